The van der Waals surface area contributed by atoms with Gasteiger partial charge in [-0.15, -0.1) is 0 Å². The molecule has 0 saturated heterocycles. The van der Waals surface area contributed by atoms with E-state index in [0.29, 0.717) is 11.1 Å². The number of aliphatic hydroxyl groups is 1. The first-order chi connectivity index (χ1) is 8.44. The number of fused-ring (bicyclic) bond motifs is 1. The zero-order valence-electron chi connectivity index (χ0n) is 9.46. The molecule has 18 heavy (non-hydrogen) atoms. The van der Waals surface area contributed by atoms with E-state index in [-0.39, 0.29) is 0 Å². The molecule has 0 aliphatic heterocycles. The molecule has 0 saturated carbocycles. The number of azide groups is 1. The van der Waals surface area contributed by atoms with Crippen LogP contribution >= 0.6 is 0 Å². The summed E-state index contributed by atoms with van der Waals surface area (Å²) in [6.45, 7) is 0. The zero-order chi connectivity index (χ0) is 13.3. The monoisotopic (exact) mass is 269 g/mol. The highest BCUT2D eigenvalue weighted by molar-refractivity contribution is 7.86. The van der Waals surface area contributed by atoms with Crippen LogP contribution in [0.2, 0.25) is 0 Å². The fourth-order valence-electron chi connectivity index (χ4n) is 2.07. The van der Waals surface area contributed by atoms with Crippen LogP contribution in [-0.4, -0.2) is 25.9 Å². The highest BCUT2D eigenvalue weighted by Crippen LogP contribution is 2.43. The topological polar surface area (TPSA) is 112 Å². The van der Waals surface area contributed by atoms with Crippen LogP contribution in [0.3, 0.4) is 0 Å². The summed E-state index contributed by atoms with van der Waals surface area (Å²) in [6, 6.07) is 5.89. The lowest BCUT2D eigenvalue weighted by molar-refractivity contribution is 0.0403. The van der Waals surface area contributed by atoms with Gasteiger partial charge in [0.1, 0.15) is 12.2 Å². The summed E-state index contributed by atoms with van der Waals surface area (Å²) < 4.78 is 27.1. The van der Waals surface area contributed by atoms with E-state index < -0.39 is 28.4 Å². The fraction of sp³-hybridized carbons (Fsp3) is 0.400. The van der Waals surface area contributed by atoms with E-state index in [9.17, 15) is 13.5 Å². The van der Waals surface area contributed by atoms with Crippen LogP contribution in [0.1, 0.15) is 23.3 Å². The lowest BCUT2D eigenvalue weighted by atomic mass is 10.1. The van der Waals surface area contributed by atoms with Crippen LogP contribution in [0.25, 0.3) is 10.4 Å². The third kappa shape index (κ3) is 2.32. The number of benzene rings is 1. The van der Waals surface area contributed by atoms with Gasteiger partial charge in [0.25, 0.3) is 10.1 Å². The molecule has 0 fully saturated rings. The van der Waals surface area contributed by atoms with Gasteiger partial charge in [0.05, 0.1) is 12.3 Å². The Morgan fingerprint density at radius 3 is 2.56 bits per heavy atom. The third-order valence-electron chi connectivity index (χ3n) is 2.72. The van der Waals surface area contributed by atoms with Crippen molar-refractivity contribution in [2.24, 2.45) is 5.11 Å². The van der Waals surface area contributed by atoms with Gasteiger partial charge in [-0.2, -0.15) is 8.42 Å². The van der Waals surface area contributed by atoms with Crippen molar-refractivity contribution in [3.05, 3.63) is 45.8 Å². The van der Waals surface area contributed by atoms with E-state index in [1.54, 1.807) is 24.3 Å². The first-order valence-electron chi connectivity index (χ1n) is 5.13. The molecule has 2 rings (SSSR count). The van der Waals surface area contributed by atoms with Crippen molar-refractivity contribution in [3.63, 3.8) is 0 Å². The maximum absolute atomic E-state index is 11.2. The summed E-state index contributed by atoms with van der Waals surface area (Å²) in [5.41, 5.74) is 9.62. The molecule has 1 aromatic rings. The predicted molar refractivity (Wildman–Crippen MR) is 63.0 cm³/mol. The number of aliphatic hydroxyl groups excluding tert-OH is 1. The second-order valence-electron chi connectivity index (χ2n) is 3.99. The van der Waals surface area contributed by atoms with Crippen LogP contribution in [0, 0.1) is 0 Å². The molecule has 1 aliphatic carbocycles. The number of hydrogen-bond acceptors (Lipinski definition) is 5. The molecule has 7 nitrogen and oxygen atoms in total. The van der Waals surface area contributed by atoms with Gasteiger partial charge in [-0.25, -0.2) is 0 Å². The van der Waals surface area contributed by atoms with E-state index in [2.05, 4.69) is 10.0 Å². The van der Waals surface area contributed by atoms with Gasteiger partial charge in [-0.1, -0.05) is 29.4 Å². The third-order valence-corrected chi connectivity index (χ3v) is 3.29. The largest absolute Gasteiger partial charge is 0.386 e. The van der Waals surface area contributed by atoms with Gasteiger partial charge >= 0.3 is 0 Å². The molecule has 0 radical (unpaired) electrons. The lowest BCUT2D eigenvalue weighted by Gasteiger charge is -2.17. The van der Waals surface area contributed by atoms with Gasteiger partial charge < -0.3 is 5.11 Å². The Kier molecular flexibility index (Phi) is 3.27. The summed E-state index contributed by atoms with van der Waals surface area (Å²) in [5.74, 6) is 0. The van der Waals surface area contributed by atoms with Crippen molar-refractivity contribution in [3.8, 4) is 0 Å². The second-order valence-corrected chi connectivity index (χ2v) is 5.59. The summed E-state index contributed by atoms with van der Waals surface area (Å²) >= 11 is 0. The minimum absolute atomic E-state index is 0.517. The van der Waals surface area contributed by atoms with Crippen molar-refractivity contribution in [2.45, 2.75) is 18.2 Å². The van der Waals surface area contributed by atoms with Gasteiger partial charge in [-0.05, 0) is 16.7 Å². The zero-order valence-corrected chi connectivity index (χ0v) is 10.3. The van der Waals surface area contributed by atoms with Gasteiger partial charge in [0.2, 0.25) is 0 Å². The summed E-state index contributed by atoms with van der Waals surface area (Å²) in [4.78, 5) is 2.67. The van der Waals surface area contributed by atoms with Crippen molar-refractivity contribution < 1.29 is 17.7 Å². The molecule has 0 spiro atoms. The van der Waals surface area contributed by atoms with Crippen LogP contribution in [-0.2, 0) is 14.3 Å². The molecule has 0 heterocycles. The van der Waals surface area contributed by atoms with Gasteiger partial charge in [0, 0.05) is 4.91 Å². The Morgan fingerprint density at radius 1 is 1.39 bits per heavy atom. The molecule has 1 aliphatic rings. The molecule has 1 N–H and O–H groups in total. The number of rotatable bonds is 3. The van der Waals surface area contributed by atoms with Crippen LogP contribution in [0.5, 0.6) is 0 Å². The molecule has 96 valence electrons. The maximum Gasteiger partial charge on any atom is 0.264 e. The Morgan fingerprint density at radius 2 is 2.00 bits per heavy atom. The highest BCUT2D eigenvalue weighted by atomic mass is 32.2. The van der Waals surface area contributed by atoms with Gasteiger partial charge in [0.15, 0.2) is 0 Å². The highest BCUT2D eigenvalue weighted by Gasteiger charge is 2.42. The molecule has 8 heteroatoms. The molecule has 0 amide bonds. The van der Waals surface area contributed by atoms with Crippen LogP contribution in [0.4, 0.5) is 0 Å². The molecular weight excluding hydrogens is 258 g/mol. The standard InChI is InChI=1S/C10H11N3O4S/c1-18(15,16)17-10-8(12-13-11)6-4-2-3-5-7(6)9(10)14/h2-5,8-10,14H,1H3/t8?,9-,10-/m1/s1. The first kappa shape index (κ1) is 12.8. The Bertz CT molecular complexity index is 609. The molecule has 0 bridgehead atoms. The SMILES string of the molecule is CS(=O)(=O)O[C@@H]1C(N=[N+]=[N-])c2ccccc2[C@H]1O. The molecule has 1 aromatic carbocycles. The summed E-state index contributed by atoms with van der Waals surface area (Å²) in [5, 5.41) is 13.5. The molecule has 1 unspecified atom stereocenters. The van der Waals surface area contributed by atoms with E-state index in [4.69, 9.17) is 9.71 Å². The molecule has 0 aromatic heterocycles. The normalized spacial score (nSPS) is 26.4. The Hall–Kier alpha value is -1.60. The maximum atomic E-state index is 11.2. The van der Waals surface area contributed by atoms with Gasteiger partial charge in [-0.3, -0.25) is 4.18 Å². The van der Waals surface area contributed by atoms with Crippen LogP contribution in [0.15, 0.2) is 29.4 Å². The minimum Gasteiger partial charge on any atom is -0.386 e. The van der Waals surface area contributed by atoms with E-state index >= 15 is 0 Å². The molecule has 3 atom stereocenters. The lowest BCUT2D eigenvalue weighted by Crippen LogP contribution is -2.24. The second kappa shape index (κ2) is 4.58. The van der Waals surface area contributed by atoms with Crippen molar-refractivity contribution in [1.82, 2.24) is 0 Å². The predicted octanol–water partition coefficient (Wildman–Crippen LogP) is 1.43. The smallest absolute Gasteiger partial charge is 0.264 e. The quantitative estimate of drug-likeness (QED) is 0.387. The van der Waals surface area contributed by atoms with E-state index in [1.165, 1.54) is 0 Å². The van der Waals surface area contributed by atoms with Crippen molar-refractivity contribution in [1.29, 1.82) is 0 Å². The van der Waals surface area contributed by atoms with Crippen molar-refractivity contribution >= 4 is 10.1 Å². The fourth-order valence-corrected chi connectivity index (χ4v) is 2.68. The summed E-state index contributed by atoms with van der Waals surface area (Å²) in [7, 11) is -3.75. The average Bonchev–Trinajstić information content (AvgIpc) is 2.54. The summed E-state index contributed by atoms with van der Waals surface area (Å²) in [6.07, 6.45) is -1.37. The van der Waals surface area contributed by atoms with Crippen LogP contribution < -0.4 is 0 Å². The first-order valence-corrected chi connectivity index (χ1v) is 6.95. The number of hydrogen-bond donors (Lipinski definition) is 1. The van der Waals surface area contributed by atoms with E-state index in [0.717, 1.165) is 6.26 Å². The van der Waals surface area contributed by atoms with E-state index in [1.807, 2.05) is 0 Å². The Labute approximate surface area is 104 Å². The average molecular weight is 269 g/mol. The molecular formula is C10H11N3O4S. The van der Waals surface area contributed by atoms with Crippen molar-refractivity contribution in [2.75, 3.05) is 6.26 Å². The minimum atomic E-state index is -3.75. The Balaban J connectivity index is 2.46. The number of nitrogens with zero attached hydrogens (tertiary/aromatic N) is 3.